The molecule has 1 aromatic carbocycles. The summed E-state index contributed by atoms with van der Waals surface area (Å²) in [5, 5.41) is 6.40. The second kappa shape index (κ2) is 14.9. The molecular weight excluding hydrogens is 464 g/mol. The van der Waals surface area contributed by atoms with Crippen LogP contribution in [-0.4, -0.2) is 58.6 Å². The van der Waals surface area contributed by atoms with Gasteiger partial charge >= 0.3 is 0 Å². The molecule has 6 nitrogen and oxygen atoms in total. The molecule has 0 aromatic heterocycles. The normalized spacial score (nSPS) is 16.7. The van der Waals surface area contributed by atoms with Gasteiger partial charge in [-0.2, -0.15) is 0 Å². The number of rotatable bonds is 11. The summed E-state index contributed by atoms with van der Waals surface area (Å²) in [6.45, 7) is 7.69. The van der Waals surface area contributed by atoms with Crippen molar-refractivity contribution in [3.63, 3.8) is 0 Å². The molecule has 0 saturated carbocycles. The lowest BCUT2D eigenvalue weighted by atomic mass is 10.1. The minimum atomic E-state index is -0.298. The number of aliphatic imine (C=N–C) groups is 1. The average molecular weight is 495 g/mol. The molecule has 8 heteroatoms. The lowest BCUT2D eigenvalue weighted by molar-refractivity contribution is 0.0893. The van der Waals surface area contributed by atoms with Crippen molar-refractivity contribution in [2.24, 2.45) is 10.9 Å². The van der Waals surface area contributed by atoms with Crippen LogP contribution in [0, 0.1) is 11.7 Å². The van der Waals surface area contributed by atoms with Crippen molar-refractivity contribution in [3.8, 4) is 5.75 Å². The quantitative estimate of drug-likeness (QED) is 0.214. The average Bonchev–Trinajstić information content (AvgIpc) is 3.15. The van der Waals surface area contributed by atoms with Crippen molar-refractivity contribution in [3.05, 3.63) is 30.1 Å². The third-order valence-corrected chi connectivity index (χ3v) is 3.90. The SMILES string of the molecule is CCNC(=NCCCOCC1CCOC1)NCCOc1cccc(F)c1.I. The molecule has 0 amide bonds. The summed E-state index contributed by atoms with van der Waals surface area (Å²) < 4.78 is 29.6. The molecular formula is C19H31FIN3O3. The van der Waals surface area contributed by atoms with Gasteiger partial charge in [-0.1, -0.05) is 6.07 Å². The Bertz CT molecular complexity index is 543. The third-order valence-electron chi connectivity index (χ3n) is 3.90. The molecule has 0 aliphatic carbocycles. The number of halogens is 2. The predicted octanol–water partition coefficient (Wildman–Crippen LogP) is 2.82. The summed E-state index contributed by atoms with van der Waals surface area (Å²) in [5.74, 6) is 1.53. The Kier molecular flexibility index (Phi) is 13.2. The van der Waals surface area contributed by atoms with Crippen LogP contribution >= 0.6 is 24.0 Å². The standard InChI is InChI=1S/C19H30FN3O3.HI/c1-2-21-19(22-8-4-10-24-14-16-7-11-25-15-16)23-9-12-26-18-6-3-5-17(20)13-18;/h3,5-6,13,16H,2,4,7-12,14-15H2,1H3,(H2,21,22,23);1H. The van der Waals surface area contributed by atoms with E-state index in [2.05, 4.69) is 15.6 Å². The zero-order valence-corrected chi connectivity index (χ0v) is 18.2. The molecule has 1 aliphatic heterocycles. The van der Waals surface area contributed by atoms with E-state index >= 15 is 0 Å². The molecule has 1 fully saturated rings. The molecule has 154 valence electrons. The van der Waals surface area contributed by atoms with E-state index < -0.39 is 0 Å². The van der Waals surface area contributed by atoms with E-state index in [0.29, 0.717) is 38.0 Å². The van der Waals surface area contributed by atoms with Crippen molar-refractivity contribution in [2.75, 3.05) is 52.7 Å². The highest BCUT2D eigenvalue weighted by Crippen LogP contribution is 2.12. The number of benzene rings is 1. The van der Waals surface area contributed by atoms with Gasteiger partial charge in [0, 0.05) is 38.3 Å². The summed E-state index contributed by atoms with van der Waals surface area (Å²) in [4.78, 5) is 4.52. The van der Waals surface area contributed by atoms with E-state index in [1.807, 2.05) is 6.92 Å². The van der Waals surface area contributed by atoms with Crippen LogP contribution in [0.25, 0.3) is 0 Å². The molecule has 0 bridgehead atoms. The monoisotopic (exact) mass is 495 g/mol. The molecule has 0 radical (unpaired) electrons. The maximum absolute atomic E-state index is 13.1. The van der Waals surface area contributed by atoms with Gasteiger partial charge in [-0.3, -0.25) is 4.99 Å². The van der Waals surface area contributed by atoms with Crippen LogP contribution in [0.2, 0.25) is 0 Å². The van der Waals surface area contributed by atoms with E-state index in [1.165, 1.54) is 12.1 Å². The molecule has 1 unspecified atom stereocenters. The first-order chi connectivity index (χ1) is 12.8. The second-order valence-corrected chi connectivity index (χ2v) is 6.15. The number of guanidine groups is 1. The van der Waals surface area contributed by atoms with E-state index in [1.54, 1.807) is 12.1 Å². The molecule has 1 aliphatic rings. The summed E-state index contributed by atoms with van der Waals surface area (Å²) in [5.41, 5.74) is 0. The van der Waals surface area contributed by atoms with Crippen LogP contribution < -0.4 is 15.4 Å². The fourth-order valence-corrected chi connectivity index (χ4v) is 2.56. The number of hydrogen-bond acceptors (Lipinski definition) is 4. The predicted molar refractivity (Wildman–Crippen MR) is 116 cm³/mol. The zero-order valence-electron chi connectivity index (χ0n) is 15.9. The lowest BCUT2D eigenvalue weighted by Gasteiger charge is -2.12. The maximum Gasteiger partial charge on any atom is 0.191 e. The minimum Gasteiger partial charge on any atom is -0.492 e. The van der Waals surface area contributed by atoms with Crippen LogP contribution in [0.1, 0.15) is 19.8 Å². The van der Waals surface area contributed by atoms with Crippen LogP contribution in [0.15, 0.2) is 29.3 Å². The van der Waals surface area contributed by atoms with Gasteiger partial charge in [-0.25, -0.2) is 4.39 Å². The Morgan fingerprint density at radius 1 is 1.33 bits per heavy atom. The van der Waals surface area contributed by atoms with Gasteiger partial charge in [0.25, 0.3) is 0 Å². The van der Waals surface area contributed by atoms with Gasteiger partial charge in [0.1, 0.15) is 18.2 Å². The van der Waals surface area contributed by atoms with E-state index in [-0.39, 0.29) is 29.8 Å². The van der Waals surface area contributed by atoms with Crippen molar-refractivity contribution < 1.29 is 18.6 Å². The number of nitrogens with one attached hydrogen (secondary N) is 2. The van der Waals surface area contributed by atoms with Gasteiger partial charge in [-0.15, -0.1) is 24.0 Å². The minimum absolute atomic E-state index is 0. The van der Waals surface area contributed by atoms with Crippen molar-refractivity contribution in [2.45, 2.75) is 19.8 Å². The van der Waals surface area contributed by atoms with E-state index in [4.69, 9.17) is 14.2 Å². The Hall–Kier alpha value is -1.13. The largest absolute Gasteiger partial charge is 0.492 e. The van der Waals surface area contributed by atoms with Gasteiger partial charge in [0.15, 0.2) is 5.96 Å². The van der Waals surface area contributed by atoms with Crippen LogP contribution in [0.4, 0.5) is 4.39 Å². The highest BCUT2D eigenvalue weighted by Gasteiger charge is 2.15. The molecule has 27 heavy (non-hydrogen) atoms. The zero-order chi connectivity index (χ0) is 18.5. The fourth-order valence-electron chi connectivity index (χ4n) is 2.56. The Labute approximate surface area is 178 Å². The highest BCUT2D eigenvalue weighted by molar-refractivity contribution is 14.0. The molecule has 0 spiro atoms. The second-order valence-electron chi connectivity index (χ2n) is 6.15. The van der Waals surface area contributed by atoms with Crippen molar-refractivity contribution >= 4 is 29.9 Å². The number of ether oxygens (including phenoxy) is 3. The first-order valence-electron chi connectivity index (χ1n) is 9.34. The van der Waals surface area contributed by atoms with E-state index in [9.17, 15) is 4.39 Å². The number of nitrogens with zero attached hydrogens (tertiary/aromatic N) is 1. The highest BCUT2D eigenvalue weighted by atomic mass is 127. The Morgan fingerprint density at radius 3 is 2.96 bits per heavy atom. The van der Waals surface area contributed by atoms with Gasteiger partial charge in [0.2, 0.25) is 0 Å². The van der Waals surface area contributed by atoms with Crippen LogP contribution in [0.5, 0.6) is 5.75 Å². The molecule has 1 aromatic rings. The maximum atomic E-state index is 13.1. The Morgan fingerprint density at radius 2 is 2.22 bits per heavy atom. The van der Waals surface area contributed by atoms with Crippen molar-refractivity contribution in [1.29, 1.82) is 0 Å². The fraction of sp³-hybridized carbons (Fsp3) is 0.632. The first-order valence-corrected chi connectivity index (χ1v) is 9.34. The first kappa shape index (κ1) is 23.9. The van der Waals surface area contributed by atoms with Crippen LogP contribution in [0.3, 0.4) is 0 Å². The van der Waals surface area contributed by atoms with Crippen LogP contribution in [-0.2, 0) is 9.47 Å². The topological polar surface area (TPSA) is 64.1 Å². The van der Waals surface area contributed by atoms with Crippen molar-refractivity contribution in [1.82, 2.24) is 10.6 Å². The summed E-state index contributed by atoms with van der Waals surface area (Å²) in [7, 11) is 0. The summed E-state index contributed by atoms with van der Waals surface area (Å²) in [6, 6.07) is 6.13. The molecule has 1 heterocycles. The molecule has 1 saturated heterocycles. The van der Waals surface area contributed by atoms with Gasteiger partial charge in [-0.05, 0) is 31.9 Å². The smallest absolute Gasteiger partial charge is 0.191 e. The van der Waals surface area contributed by atoms with E-state index in [0.717, 1.165) is 45.2 Å². The summed E-state index contributed by atoms with van der Waals surface area (Å²) in [6.07, 6.45) is 1.98. The lowest BCUT2D eigenvalue weighted by Crippen LogP contribution is -2.39. The molecule has 2 rings (SSSR count). The summed E-state index contributed by atoms with van der Waals surface area (Å²) >= 11 is 0. The molecule has 2 N–H and O–H groups in total. The third kappa shape index (κ3) is 10.7. The van der Waals surface area contributed by atoms with Gasteiger partial charge < -0.3 is 24.8 Å². The van der Waals surface area contributed by atoms with Gasteiger partial charge in [0.05, 0.1) is 19.8 Å². The molecule has 1 atom stereocenters. The Balaban J connectivity index is 0.00000364. The number of hydrogen-bond donors (Lipinski definition) is 2.